The molecule has 3 rings (SSSR count). The number of urea groups is 1. The molecule has 1 atom stereocenters. The summed E-state index contributed by atoms with van der Waals surface area (Å²) in [6.45, 7) is 2.43. The number of hydrogen-bond acceptors (Lipinski definition) is 2. The molecule has 0 bridgehead atoms. The lowest BCUT2D eigenvalue weighted by atomic mass is 10.1. The van der Waals surface area contributed by atoms with Crippen molar-refractivity contribution in [3.8, 4) is 0 Å². The number of ether oxygens (including phenoxy) is 1. The van der Waals surface area contributed by atoms with Crippen molar-refractivity contribution >= 4 is 6.03 Å². The number of hydrogen-bond donors (Lipinski definition) is 1. The first-order valence-corrected chi connectivity index (χ1v) is 8.03. The number of rotatable bonds is 4. The van der Waals surface area contributed by atoms with Gasteiger partial charge in [0.15, 0.2) is 0 Å². The summed E-state index contributed by atoms with van der Waals surface area (Å²) in [4.78, 5) is 14.2. The van der Waals surface area contributed by atoms with Gasteiger partial charge in [0.25, 0.3) is 0 Å². The molecule has 4 nitrogen and oxygen atoms in total. The standard InChI is InChI=1S/C19H22N2O2/c22-19(20-14-17-9-5-2-6-10-17)21-11-12-23-18(15-21)13-16-7-3-1-4-8-16/h1-10,18H,11-15H2,(H,20,22). The van der Waals surface area contributed by atoms with Crippen molar-refractivity contribution in [1.29, 1.82) is 0 Å². The highest BCUT2D eigenvalue weighted by Crippen LogP contribution is 2.12. The summed E-state index contributed by atoms with van der Waals surface area (Å²) in [5, 5.41) is 2.98. The number of nitrogens with zero attached hydrogens (tertiary/aromatic N) is 1. The van der Waals surface area contributed by atoms with Crippen LogP contribution >= 0.6 is 0 Å². The van der Waals surface area contributed by atoms with Gasteiger partial charge < -0.3 is 15.0 Å². The lowest BCUT2D eigenvalue weighted by molar-refractivity contribution is -0.0133. The maximum Gasteiger partial charge on any atom is 0.317 e. The number of amides is 2. The van der Waals surface area contributed by atoms with Gasteiger partial charge in [-0.05, 0) is 11.1 Å². The van der Waals surface area contributed by atoms with Gasteiger partial charge in [-0.2, -0.15) is 0 Å². The van der Waals surface area contributed by atoms with Crippen molar-refractivity contribution in [3.05, 3.63) is 71.8 Å². The van der Waals surface area contributed by atoms with Crippen molar-refractivity contribution in [2.75, 3.05) is 19.7 Å². The van der Waals surface area contributed by atoms with E-state index in [9.17, 15) is 4.79 Å². The molecule has 1 unspecified atom stereocenters. The molecule has 1 fully saturated rings. The van der Waals surface area contributed by atoms with Crippen LogP contribution in [0.15, 0.2) is 60.7 Å². The fourth-order valence-electron chi connectivity index (χ4n) is 2.79. The van der Waals surface area contributed by atoms with Crippen LogP contribution in [0.2, 0.25) is 0 Å². The number of benzene rings is 2. The smallest absolute Gasteiger partial charge is 0.317 e. The van der Waals surface area contributed by atoms with Crippen LogP contribution in [0.4, 0.5) is 4.79 Å². The minimum absolute atomic E-state index is 0.0183. The van der Waals surface area contributed by atoms with Crippen molar-refractivity contribution in [2.24, 2.45) is 0 Å². The monoisotopic (exact) mass is 310 g/mol. The Hall–Kier alpha value is -2.33. The van der Waals surface area contributed by atoms with E-state index in [0.717, 1.165) is 12.0 Å². The zero-order valence-corrected chi connectivity index (χ0v) is 13.2. The van der Waals surface area contributed by atoms with Crippen LogP contribution in [-0.2, 0) is 17.7 Å². The Labute approximate surface area is 137 Å². The average molecular weight is 310 g/mol. The Bertz CT molecular complexity index is 616. The quantitative estimate of drug-likeness (QED) is 0.943. The van der Waals surface area contributed by atoms with E-state index >= 15 is 0 Å². The second-order valence-electron chi connectivity index (χ2n) is 5.77. The summed E-state index contributed by atoms with van der Waals surface area (Å²) in [6, 6.07) is 20.2. The van der Waals surface area contributed by atoms with E-state index < -0.39 is 0 Å². The zero-order valence-electron chi connectivity index (χ0n) is 13.2. The largest absolute Gasteiger partial charge is 0.374 e. The molecule has 1 heterocycles. The molecule has 1 aliphatic rings. The normalized spacial score (nSPS) is 17.7. The first-order chi connectivity index (χ1) is 11.3. The van der Waals surface area contributed by atoms with Crippen LogP contribution in [0.1, 0.15) is 11.1 Å². The second kappa shape index (κ2) is 7.79. The highest BCUT2D eigenvalue weighted by atomic mass is 16.5. The van der Waals surface area contributed by atoms with E-state index in [-0.39, 0.29) is 12.1 Å². The predicted octanol–water partition coefficient (Wildman–Crippen LogP) is 2.84. The molecule has 2 aromatic carbocycles. The second-order valence-corrected chi connectivity index (χ2v) is 5.77. The first-order valence-electron chi connectivity index (χ1n) is 8.03. The van der Waals surface area contributed by atoms with Crippen molar-refractivity contribution in [1.82, 2.24) is 10.2 Å². The molecular weight excluding hydrogens is 288 g/mol. The molecule has 1 N–H and O–H groups in total. The molecule has 0 spiro atoms. The number of morpholine rings is 1. The van der Waals surface area contributed by atoms with Gasteiger partial charge in [-0.1, -0.05) is 60.7 Å². The zero-order chi connectivity index (χ0) is 15.9. The molecule has 0 saturated carbocycles. The summed E-state index contributed by atoms with van der Waals surface area (Å²) in [6.07, 6.45) is 0.900. The predicted molar refractivity (Wildman–Crippen MR) is 90.1 cm³/mol. The summed E-state index contributed by atoms with van der Waals surface area (Å²) >= 11 is 0. The Balaban J connectivity index is 1.50. The van der Waals surface area contributed by atoms with Gasteiger partial charge in [0.2, 0.25) is 0 Å². The summed E-state index contributed by atoms with van der Waals surface area (Å²) in [5.41, 5.74) is 2.35. The Kier molecular flexibility index (Phi) is 5.27. The number of nitrogens with one attached hydrogen (secondary N) is 1. The Morgan fingerprint density at radius 2 is 1.70 bits per heavy atom. The van der Waals surface area contributed by atoms with E-state index in [1.54, 1.807) is 0 Å². The van der Waals surface area contributed by atoms with Gasteiger partial charge in [-0.3, -0.25) is 0 Å². The van der Waals surface area contributed by atoms with Gasteiger partial charge in [-0.15, -0.1) is 0 Å². The van der Waals surface area contributed by atoms with Gasteiger partial charge in [0, 0.05) is 26.1 Å². The molecule has 23 heavy (non-hydrogen) atoms. The molecule has 120 valence electrons. The van der Waals surface area contributed by atoms with E-state index in [1.165, 1.54) is 5.56 Å². The molecule has 1 aliphatic heterocycles. The summed E-state index contributed by atoms with van der Waals surface area (Å²) in [5.74, 6) is 0. The molecule has 1 saturated heterocycles. The van der Waals surface area contributed by atoms with Gasteiger partial charge in [0.05, 0.1) is 12.7 Å². The van der Waals surface area contributed by atoms with Crippen LogP contribution in [-0.4, -0.2) is 36.7 Å². The third-order valence-electron chi connectivity index (χ3n) is 4.02. The molecule has 4 heteroatoms. The molecular formula is C19H22N2O2. The third kappa shape index (κ3) is 4.57. The molecule has 2 aromatic rings. The summed E-state index contributed by atoms with van der Waals surface area (Å²) in [7, 11) is 0. The highest BCUT2D eigenvalue weighted by molar-refractivity contribution is 5.74. The number of carbonyl (C=O) groups is 1. The number of carbonyl (C=O) groups excluding carboxylic acids is 1. The Morgan fingerprint density at radius 3 is 2.39 bits per heavy atom. The van der Waals surface area contributed by atoms with Crippen molar-refractivity contribution in [2.45, 2.75) is 19.1 Å². The SMILES string of the molecule is O=C(NCc1ccccc1)N1CCOC(Cc2ccccc2)C1. The van der Waals surface area contributed by atoms with Crippen molar-refractivity contribution in [3.63, 3.8) is 0 Å². The van der Waals surface area contributed by atoms with Crippen LogP contribution in [0.25, 0.3) is 0 Å². The average Bonchev–Trinajstić information content (AvgIpc) is 2.62. The maximum absolute atomic E-state index is 12.3. The fraction of sp³-hybridized carbons (Fsp3) is 0.316. The minimum atomic E-state index is -0.0183. The first kappa shape index (κ1) is 15.6. The lowest BCUT2D eigenvalue weighted by Gasteiger charge is -2.33. The van der Waals surface area contributed by atoms with Crippen LogP contribution < -0.4 is 5.32 Å². The van der Waals surface area contributed by atoms with Crippen molar-refractivity contribution < 1.29 is 9.53 Å². The van der Waals surface area contributed by atoms with E-state index in [4.69, 9.17) is 4.74 Å². The van der Waals surface area contributed by atoms with E-state index in [2.05, 4.69) is 17.4 Å². The van der Waals surface area contributed by atoms with E-state index in [0.29, 0.717) is 26.2 Å². The van der Waals surface area contributed by atoms with E-state index in [1.807, 2.05) is 53.4 Å². The van der Waals surface area contributed by atoms with Crippen LogP contribution in [0.3, 0.4) is 0 Å². The molecule has 0 radical (unpaired) electrons. The minimum Gasteiger partial charge on any atom is -0.374 e. The molecule has 0 aliphatic carbocycles. The Morgan fingerprint density at radius 1 is 1.04 bits per heavy atom. The van der Waals surface area contributed by atoms with Crippen LogP contribution in [0, 0.1) is 0 Å². The van der Waals surface area contributed by atoms with Crippen LogP contribution in [0.5, 0.6) is 0 Å². The maximum atomic E-state index is 12.3. The molecule has 2 amide bonds. The molecule has 0 aromatic heterocycles. The highest BCUT2D eigenvalue weighted by Gasteiger charge is 2.24. The fourth-order valence-corrected chi connectivity index (χ4v) is 2.79. The van der Waals surface area contributed by atoms with Gasteiger partial charge in [0.1, 0.15) is 0 Å². The van der Waals surface area contributed by atoms with Gasteiger partial charge in [-0.25, -0.2) is 4.79 Å². The topological polar surface area (TPSA) is 41.6 Å². The van der Waals surface area contributed by atoms with Gasteiger partial charge >= 0.3 is 6.03 Å². The third-order valence-corrected chi connectivity index (χ3v) is 4.02. The lowest BCUT2D eigenvalue weighted by Crippen LogP contribution is -2.50. The summed E-state index contributed by atoms with van der Waals surface area (Å²) < 4.78 is 5.80.